The summed E-state index contributed by atoms with van der Waals surface area (Å²) in [6, 6.07) is 13.3. The van der Waals surface area contributed by atoms with E-state index in [9.17, 15) is 8.42 Å². The normalized spacial score (nSPS) is 11.9. The molecule has 0 amide bonds. The molecule has 0 aliphatic heterocycles. The van der Waals surface area contributed by atoms with Crippen LogP contribution in [0.25, 0.3) is 11.0 Å². The van der Waals surface area contributed by atoms with Gasteiger partial charge in [-0.1, -0.05) is 30.3 Å². The number of aryl methyl sites for hydroxylation is 1. The van der Waals surface area contributed by atoms with Crippen molar-refractivity contribution < 1.29 is 8.42 Å². The summed E-state index contributed by atoms with van der Waals surface area (Å²) in [7, 11) is -3.28. The number of rotatable bonds is 3. The van der Waals surface area contributed by atoms with E-state index in [0.717, 1.165) is 11.3 Å². The Hall–Kier alpha value is -2.14. The quantitative estimate of drug-likeness (QED) is 0.809. The highest BCUT2D eigenvalue weighted by molar-refractivity contribution is 7.91. The van der Waals surface area contributed by atoms with Gasteiger partial charge in [-0.25, -0.2) is 13.4 Å². The number of imidazole rings is 1. The molecule has 4 nitrogen and oxygen atoms in total. The molecule has 3 aromatic rings. The van der Waals surface area contributed by atoms with Crippen LogP contribution in [0.15, 0.2) is 47.4 Å². The Morgan fingerprint density at radius 1 is 1.10 bits per heavy atom. The molecule has 0 aliphatic carbocycles. The Balaban J connectivity index is 2.08. The van der Waals surface area contributed by atoms with Crippen LogP contribution in [0.1, 0.15) is 17.0 Å². The van der Waals surface area contributed by atoms with E-state index >= 15 is 0 Å². The first-order chi connectivity index (χ1) is 9.95. The highest BCUT2D eigenvalue weighted by Crippen LogP contribution is 2.22. The molecule has 0 saturated carbocycles. The van der Waals surface area contributed by atoms with Crippen molar-refractivity contribution in [2.75, 3.05) is 6.26 Å². The lowest BCUT2D eigenvalue weighted by Crippen LogP contribution is -1.98. The molecule has 0 bridgehead atoms. The Morgan fingerprint density at radius 2 is 1.86 bits per heavy atom. The lowest BCUT2D eigenvalue weighted by Gasteiger charge is -2.02. The van der Waals surface area contributed by atoms with Crippen LogP contribution in [0.3, 0.4) is 0 Å². The lowest BCUT2D eigenvalue weighted by molar-refractivity contribution is 0.602. The van der Waals surface area contributed by atoms with Crippen LogP contribution < -0.4 is 0 Å². The van der Waals surface area contributed by atoms with E-state index in [4.69, 9.17) is 0 Å². The number of H-pyrrole nitrogens is 1. The van der Waals surface area contributed by atoms with Gasteiger partial charge in [-0.2, -0.15) is 0 Å². The summed E-state index contributed by atoms with van der Waals surface area (Å²) < 4.78 is 23.6. The maximum absolute atomic E-state index is 11.8. The summed E-state index contributed by atoms with van der Waals surface area (Å²) in [6.45, 7) is 2.06. The zero-order valence-electron chi connectivity index (χ0n) is 11.9. The van der Waals surface area contributed by atoms with Gasteiger partial charge in [0, 0.05) is 12.7 Å². The molecule has 108 valence electrons. The number of nitrogens with one attached hydrogen (secondary N) is 1. The third-order valence-electron chi connectivity index (χ3n) is 3.54. The van der Waals surface area contributed by atoms with E-state index in [-0.39, 0.29) is 4.90 Å². The summed E-state index contributed by atoms with van der Waals surface area (Å²) in [6.07, 6.45) is 1.86. The average molecular weight is 300 g/mol. The molecule has 0 radical (unpaired) electrons. The van der Waals surface area contributed by atoms with Gasteiger partial charge in [0.05, 0.1) is 10.4 Å². The predicted molar refractivity (Wildman–Crippen MR) is 83.2 cm³/mol. The molecule has 3 rings (SSSR count). The van der Waals surface area contributed by atoms with E-state index in [1.165, 1.54) is 17.4 Å². The predicted octanol–water partition coefficient (Wildman–Crippen LogP) is 2.87. The zero-order chi connectivity index (χ0) is 15.0. The second kappa shape index (κ2) is 5.00. The molecular weight excluding hydrogens is 284 g/mol. The molecule has 1 heterocycles. The standard InChI is InChI=1S/C16H16N2O2S/c1-11-6-3-4-7-12(11)10-15-17-13-8-5-9-14(16(13)18-15)21(2,19)20/h3-9H,10H2,1-2H3,(H,17,18). The Kier molecular flexibility index (Phi) is 3.29. The molecular formula is C16H16N2O2S. The lowest BCUT2D eigenvalue weighted by atomic mass is 10.1. The second-order valence-electron chi connectivity index (χ2n) is 5.21. The summed E-state index contributed by atoms with van der Waals surface area (Å²) in [4.78, 5) is 7.96. The van der Waals surface area contributed by atoms with Gasteiger partial charge in [-0.15, -0.1) is 0 Å². The van der Waals surface area contributed by atoms with Gasteiger partial charge in [0.2, 0.25) is 0 Å². The fourth-order valence-electron chi connectivity index (χ4n) is 2.43. The number of aromatic nitrogens is 2. The van der Waals surface area contributed by atoms with Crippen LogP contribution in [0.5, 0.6) is 0 Å². The molecule has 0 unspecified atom stereocenters. The van der Waals surface area contributed by atoms with Crippen LogP contribution in [0.4, 0.5) is 0 Å². The van der Waals surface area contributed by atoms with Gasteiger partial charge in [0.15, 0.2) is 9.84 Å². The summed E-state index contributed by atoms with van der Waals surface area (Å²) in [5.41, 5.74) is 3.64. The van der Waals surface area contributed by atoms with Gasteiger partial charge in [0.1, 0.15) is 11.3 Å². The third kappa shape index (κ3) is 2.69. The van der Waals surface area contributed by atoms with Gasteiger partial charge < -0.3 is 4.98 Å². The van der Waals surface area contributed by atoms with Crippen LogP contribution >= 0.6 is 0 Å². The number of hydrogen-bond acceptors (Lipinski definition) is 3. The maximum Gasteiger partial charge on any atom is 0.177 e. The highest BCUT2D eigenvalue weighted by atomic mass is 32.2. The van der Waals surface area contributed by atoms with E-state index < -0.39 is 9.84 Å². The first-order valence-electron chi connectivity index (χ1n) is 6.67. The van der Waals surface area contributed by atoms with E-state index in [1.54, 1.807) is 12.1 Å². The molecule has 2 aromatic carbocycles. The monoisotopic (exact) mass is 300 g/mol. The van der Waals surface area contributed by atoms with Crippen molar-refractivity contribution in [3.8, 4) is 0 Å². The number of hydrogen-bond donors (Lipinski definition) is 1. The molecule has 5 heteroatoms. The number of nitrogens with zero attached hydrogens (tertiary/aromatic N) is 1. The molecule has 0 atom stereocenters. The van der Waals surface area contributed by atoms with E-state index in [1.807, 2.05) is 18.2 Å². The van der Waals surface area contributed by atoms with Crippen molar-refractivity contribution in [2.45, 2.75) is 18.2 Å². The van der Waals surface area contributed by atoms with E-state index in [2.05, 4.69) is 29.0 Å². The van der Waals surface area contributed by atoms with Gasteiger partial charge in [-0.3, -0.25) is 0 Å². The average Bonchev–Trinajstić information content (AvgIpc) is 2.82. The van der Waals surface area contributed by atoms with Crippen LogP contribution in [-0.2, 0) is 16.3 Å². The third-order valence-corrected chi connectivity index (χ3v) is 4.67. The van der Waals surface area contributed by atoms with Crippen LogP contribution in [0, 0.1) is 6.92 Å². The van der Waals surface area contributed by atoms with Crippen molar-refractivity contribution in [1.29, 1.82) is 0 Å². The summed E-state index contributed by atoms with van der Waals surface area (Å²) >= 11 is 0. The number of aromatic amines is 1. The molecule has 0 fully saturated rings. The Bertz CT molecular complexity index is 911. The Labute approximate surface area is 123 Å². The minimum atomic E-state index is -3.28. The van der Waals surface area contributed by atoms with Crippen molar-refractivity contribution in [2.24, 2.45) is 0 Å². The first kappa shape index (κ1) is 13.8. The fraction of sp³-hybridized carbons (Fsp3) is 0.188. The highest BCUT2D eigenvalue weighted by Gasteiger charge is 2.15. The van der Waals surface area contributed by atoms with Gasteiger partial charge in [0.25, 0.3) is 0 Å². The van der Waals surface area contributed by atoms with Gasteiger partial charge in [-0.05, 0) is 30.2 Å². The molecule has 21 heavy (non-hydrogen) atoms. The number of fused-ring (bicyclic) bond motifs is 1. The maximum atomic E-state index is 11.8. The van der Waals surface area contributed by atoms with Gasteiger partial charge >= 0.3 is 0 Å². The van der Waals surface area contributed by atoms with Crippen LogP contribution in [0.2, 0.25) is 0 Å². The minimum absolute atomic E-state index is 0.271. The zero-order valence-corrected chi connectivity index (χ0v) is 12.7. The van der Waals surface area contributed by atoms with Crippen molar-refractivity contribution in [3.05, 3.63) is 59.4 Å². The molecule has 0 aliphatic rings. The minimum Gasteiger partial charge on any atom is -0.342 e. The Morgan fingerprint density at radius 3 is 2.57 bits per heavy atom. The van der Waals surface area contributed by atoms with Crippen molar-refractivity contribution in [3.63, 3.8) is 0 Å². The molecule has 0 saturated heterocycles. The number of para-hydroxylation sites is 1. The number of benzene rings is 2. The largest absolute Gasteiger partial charge is 0.342 e. The first-order valence-corrected chi connectivity index (χ1v) is 8.56. The number of sulfone groups is 1. The van der Waals surface area contributed by atoms with Crippen molar-refractivity contribution >= 4 is 20.9 Å². The van der Waals surface area contributed by atoms with Crippen LogP contribution in [-0.4, -0.2) is 24.6 Å². The summed E-state index contributed by atoms with van der Waals surface area (Å²) in [5, 5.41) is 0. The second-order valence-corrected chi connectivity index (χ2v) is 7.20. The SMILES string of the molecule is Cc1ccccc1Cc1nc2c(S(C)(=O)=O)cccc2[nH]1. The van der Waals surface area contributed by atoms with E-state index in [0.29, 0.717) is 11.9 Å². The fourth-order valence-corrected chi connectivity index (χ4v) is 3.26. The molecule has 1 N–H and O–H groups in total. The smallest absolute Gasteiger partial charge is 0.177 e. The summed E-state index contributed by atoms with van der Waals surface area (Å²) in [5.74, 6) is 0.774. The topological polar surface area (TPSA) is 62.8 Å². The van der Waals surface area contributed by atoms with Crippen molar-refractivity contribution in [1.82, 2.24) is 9.97 Å². The molecule has 1 aromatic heterocycles. The molecule has 0 spiro atoms.